The second-order valence-electron chi connectivity index (χ2n) is 6.57. The van der Waals surface area contributed by atoms with Crippen molar-refractivity contribution in [1.82, 2.24) is 4.98 Å². The van der Waals surface area contributed by atoms with E-state index in [-0.39, 0.29) is 0 Å². The van der Waals surface area contributed by atoms with Crippen molar-refractivity contribution in [1.29, 1.82) is 0 Å². The summed E-state index contributed by atoms with van der Waals surface area (Å²) in [4.78, 5) is 4.68. The summed E-state index contributed by atoms with van der Waals surface area (Å²) in [5, 5.41) is 2.50. The van der Waals surface area contributed by atoms with Crippen LogP contribution in [0.25, 0.3) is 22.0 Å². The van der Waals surface area contributed by atoms with Crippen molar-refractivity contribution in [3.63, 3.8) is 0 Å². The van der Waals surface area contributed by atoms with Crippen LogP contribution in [0.1, 0.15) is 50.7 Å². The highest BCUT2D eigenvalue weighted by Crippen LogP contribution is 2.30. The van der Waals surface area contributed by atoms with E-state index in [1.165, 1.54) is 27.5 Å². The summed E-state index contributed by atoms with van der Waals surface area (Å²) in [6.45, 7) is 8.92. The number of rotatable bonds is 3. The lowest BCUT2D eigenvalue weighted by atomic mass is 9.95. The predicted molar refractivity (Wildman–Crippen MR) is 95.4 cm³/mol. The van der Waals surface area contributed by atoms with E-state index in [4.69, 9.17) is 0 Å². The van der Waals surface area contributed by atoms with Gasteiger partial charge in [-0.05, 0) is 46.5 Å². The van der Waals surface area contributed by atoms with E-state index in [0.29, 0.717) is 11.8 Å². The monoisotopic (exact) mass is 289 g/mol. The topological polar surface area (TPSA) is 12.9 Å². The molecule has 0 amide bonds. The molecule has 0 aliphatic rings. The summed E-state index contributed by atoms with van der Waals surface area (Å²) in [6.07, 6.45) is 1.91. The molecular formula is C21H23N. The number of nitrogens with zero attached hydrogens (tertiary/aromatic N) is 1. The van der Waals surface area contributed by atoms with Crippen molar-refractivity contribution in [3.05, 3.63) is 65.9 Å². The third kappa shape index (κ3) is 2.76. The number of fused-ring (bicyclic) bond motifs is 1. The lowest BCUT2D eigenvalue weighted by Gasteiger charge is -2.12. The van der Waals surface area contributed by atoms with Crippen molar-refractivity contribution in [2.24, 2.45) is 0 Å². The van der Waals surface area contributed by atoms with E-state index in [1.54, 1.807) is 0 Å². The van der Waals surface area contributed by atoms with Gasteiger partial charge in [0.25, 0.3) is 0 Å². The van der Waals surface area contributed by atoms with Crippen molar-refractivity contribution in [3.8, 4) is 11.3 Å². The van der Waals surface area contributed by atoms with Crippen molar-refractivity contribution in [2.45, 2.75) is 39.5 Å². The van der Waals surface area contributed by atoms with Gasteiger partial charge in [0.05, 0.1) is 5.69 Å². The highest BCUT2D eigenvalue weighted by atomic mass is 14.7. The molecule has 0 spiro atoms. The Hall–Kier alpha value is -2.15. The zero-order chi connectivity index (χ0) is 15.7. The van der Waals surface area contributed by atoms with Crippen LogP contribution in [0.15, 0.2) is 54.7 Å². The lowest BCUT2D eigenvalue weighted by molar-refractivity contribution is 0.867. The van der Waals surface area contributed by atoms with Crippen LogP contribution >= 0.6 is 0 Å². The molecule has 0 unspecified atom stereocenters. The quantitative estimate of drug-likeness (QED) is 0.563. The van der Waals surface area contributed by atoms with Gasteiger partial charge >= 0.3 is 0 Å². The van der Waals surface area contributed by atoms with Gasteiger partial charge in [-0.2, -0.15) is 0 Å². The number of aromatic nitrogens is 1. The van der Waals surface area contributed by atoms with Crippen LogP contribution in [0.2, 0.25) is 0 Å². The number of hydrogen-bond acceptors (Lipinski definition) is 1. The molecule has 3 rings (SSSR count). The summed E-state index contributed by atoms with van der Waals surface area (Å²) in [6, 6.07) is 17.6. The molecule has 0 fully saturated rings. The van der Waals surface area contributed by atoms with Gasteiger partial charge in [-0.3, -0.25) is 4.98 Å². The molecular weight excluding hydrogens is 266 g/mol. The average Bonchev–Trinajstić information content (AvgIpc) is 2.53. The summed E-state index contributed by atoms with van der Waals surface area (Å²) in [5.41, 5.74) is 5.01. The highest BCUT2D eigenvalue weighted by molar-refractivity contribution is 5.95. The molecule has 1 aromatic heterocycles. The lowest BCUT2D eigenvalue weighted by Crippen LogP contribution is -1.92. The maximum absolute atomic E-state index is 4.68. The zero-order valence-corrected chi connectivity index (χ0v) is 13.8. The Morgan fingerprint density at radius 2 is 1.50 bits per heavy atom. The Balaban J connectivity index is 2.21. The maximum Gasteiger partial charge on any atom is 0.0780 e. The minimum absolute atomic E-state index is 0.527. The van der Waals surface area contributed by atoms with E-state index in [9.17, 15) is 0 Å². The third-order valence-corrected chi connectivity index (χ3v) is 4.28. The molecule has 0 atom stereocenters. The summed E-state index contributed by atoms with van der Waals surface area (Å²) in [5.74, 6) is 1.06. The maximum atomic E-state index is 4.68. The first-order valence-corrected chi connectivity index (χ1v) is 8.05. The largest absolute Gasteiger partial charge is 0.256 e. The van der Waals surface area contributed by atoms with Gasteiger partial charge in [-0.25, -0.2) is 0 Å². The average molecular weight is 289 g/mol. The van der Waals surface area contributed by atoms with Crippen LogP contribution in [0.5, 0.6) is 0 Å². The standard InChI is InChI=1S/C21H23N/c1-14(2)17-6-5-7-19(12-17)21-20-13-18(15(3)4)9-8-16(20)10-11-22-21/h5-15H,1-4H3. The molecule has 112 valence electrons. The van der Waals surface area contributed by atoms with Gasteiger partial charge in [0.1, 0.15) is 0 Å². The molecule has 0 radical (unpaired) electrons. The fraction of sp³-hybridized carbons (Fsp3) is 0.286. The van der Waals surface area contributed by atoms with E-state index in [2.05, 4.69) is 81.2 Å². The van der Waals surface area contributed by atoms with Gasteiger partial charge in [0, 0.05) is 17.1 Å². The number of hydrogen-bond donors (Lipinski definition) is 0. The van der Waals surface area contributed by atoms with Crippen LogP contribution in [0.4, 0.5) is 0 Å². The Morgan fingerprint density at radius 1 is 0.773 bits per heavy atom. The Labute approximate surface area is 133 Å². The van der Waals surface area contributed by atoms with Crippen LogP contribution in [0.3, 0.4) is 0 Å². The second kappa shape index (κ2) is 5.92. The predicted octanol–water partition coefficient (Wildman–Crippen LogP) is 6.15. The van der Waals surface area contributed by atoms with Gasteiger partial charge < -0.3 is 0 Å². The number of pyridine rings is 1. The molecule has 0 N–H and O–H groups in total. The number of benzene rings is 2. The first-order valence-electron chi connectivity index (χ1n) is 8.05. The second-order valence-corrected chi connectivity index (χ2v) is 6.57. The molecule has 1 heteroatoms. The fourth-order valence-electron chi connectivity index (χ4n) is 2.82. The minimum Gasteiger partial charge on any atom is -0.256 e. The van der Waals surface area contributed by atoms with Crippen LogP contribution in [-0.2, 0) is 0 Å². The van der Waals surface area contributed by atoms with E-state index in [0.717, 1.165) is 5.69 Å². The highest BCUT2D eigenvalue weighted by Gasteiger charge is 2.09. The summed E-state index contributed by atoms with van der Waals surface area (Å²) >= 11 is 0. The van der Waals surface area contributed by atoms with Crippen molar-refractivity contribution in [2.75, 3.05) is 0 Å². The molecule has 1 heterocycles. The van der Waals surface area contributed by atoms with Crippen molar-refractivity contribution < 1.29 is 0 Å². The zero-order valence-electron chi connectivity index (χ0n) is 13.8. The molecule has 3 aromatic rings. The smallest absolute Gasteiger partial charge is 0.0780 e. The van der Waals surface area contributed by atoms with E-state index >= 15 is 0 Å². The normalized spacial score (nSPS) is 11.5. The Kier molecular flexibility index (Phi) is 3.98. The SMILES string of the molecule is CC(C)c1cccc(-c2nccc3ccc(C(C)C)cc23)c1. The minimum atomic E-state index is 0.527. The Bertz CT molecular complexity index is 800. The third-order valence-electron chi connectivity index (χ3n) is 4.28. The first-order chi connectivity index (χ1) is 10.6. The van der Waals surface area contributed by atoms with Gasteiger partial charge in [-0.1, -0.05) is 58.0 Å². The summed E-state index contributed by atoms with van der Waals surface area (Å²) < 4.78 is 0. The molecule has 0 bridgehead atoms. The van der Waals surface area contributed by atoms with Gasteiger partial charge in [0.2, 0.25) is 0 Å². The first kappa shape index (κ1) is 14.8. The molecule has 0 saturated heterocycles. The molecule has 1 nitrogen and oxygen atoms in total. The summed E-state index contributed by atoms with van der Waals surface area (Å²) in [7, 11) is 0. The molecule has 0 aliphatic carbocycles. The van der Waals surface area contributed by atoms with E-state index < -0.39 is 0 Å². The van der Waals surface area contributed by atoms with Crippen LogP contribution in [-0.4, -0.2) is 4.98 Å². The molecule has 22 heavy (non-hydrogen) atoms. The Morgan fingerprint density at radius 3 is 2.23 bits per heavy atom. The molecule has 2 aromatic carbocycles. The molecule has 0 saturated carbocycles. The van der Waals surface area contributed by atoms with Crippen LogP contribution < -0.4 is 0 Å². The van der Waals surface area contributed by atoms with Crippen molar-refractivity contribution >= 4 is 10.8 Å². The fourth-order valence-corrected chi connectivity index (χ4v) is 2.82. The van der Waals surface area contributed by atoms with Gasteiger partial charge in [-0.15, -0.1) is 0 Å². The van der Waals surface area contributed by atoms with Crippen LogP contribution in [0, 0.1) is 0 Å². The van der Waals surface area contributed by atoms with E-state index in [1.807, 2.05) is 6.20 Å². The molecule has 0 aliphatic heterocycles. The van der Waals surface area contributed by atoms with Gasteiger partial charge in [0.15, 0.2) is 0 Å².